The van der Waals surface area contributed by atoms with Gasteiger partial charge in [0.1, 0.15) is 18.8 Å². The molecular formula is C31H38O6. The molecule has 1 heterocycles. The molecule has 2 aromatic rings. The second kappa shape index (κ2) is 11.6. The highest BCUT2D eigenvalue weighted by atomic mass is 16.6. The van der Waals surface area contributed by atoms with Crippen LogP contribution in [0.3, 0.4) is 0 Å². The Hall–Kier alpha value is -2.99. The van der Waals surface area contributed by atoms with Crippen molar-refractivity contribution in [2.24, 2.45) is 11.8 Å². The molecule has 0 amide bonds. The minimum Gasteiger partial charge on any atom is -0.463 e. The Morgan fingerprint density at radius 2 is 1.51 bits per heavy atom. The molecule has 0 N–H and O–H groups in total. The number of Topliss-reactive ketones (excluding diaryl/α,β-unsaturated/α-hetero) is 1. The van der Waals surface area contributed by atoms with Crippen LogP contribution in [0.2, 0.25) is 0 Å². The van der Waals surface area contributed by atoms with E-state index >= 15 is 0 Å². The summed E-state index contributed by atoms with van der Waals surface area (Å²) in [5.74, 6) is -0.0510. The topological polar surface area (TPSA) is 78.9 Å². The number of benzene rings is 2. The van der Waals surface area contributed by atoms with Crippen LogP contribution in [0.25, 0.3) is 0 Å². The molecule has 1 aliphatic heterocycles. The first-order chi connectivity index (χ1) is 17.7. The highest BCUT2D eigenvalue weighted by molar-refractivity contribution is 5.96. The van der Waals surface area contributed by atoms with E-state index < -0.39 is 18.2 Å². The van der Waals surface area contributed by atoms with Crippen molar-refractivity contribution in [3.8, 4) is 0 Å². The van der Waals surface area contributed by atoms with E-state index in [-0.39, 0.29) is 42.7 Å². The molecule has 4 rings (SSSR count). The Labute approximate surface area is 219 Å². The van der Waals surface area contributed by atoms with Crippen LogP contribution < -0.4 is 0 Å². The Bertz CT molecular complexity index is 1120. The van der Waals surface area contributed by atoms with E-state index in [1.54, 1.807) is 0 Å². The summed E-state index contributed by atoms with van der Waals surface area (Å²) in [6.07, 6.45) is 0.767. The lowest BCUT2D eigenvalue weighted by Gasteiger charge is -2.43. The molecule has 1 fully saturated rings. The molecule has 2 aliphatic rings. The number of carbonyl (C=O) groups is 3. The van der Waals surface area contributed by atoms with Crippen LogP contribution in [0.1, 0.15) is 92.8 Å². The first-order valence-corrected chi connectivity index (χ1v) is 13.3. The van der Waals surface area contributed by atoms with E-state index in [9.17, 15) is 14.4 Å². The lowest BCUT2D eigenvalue weighted by Crippen LogP contribution is -2.53. The fourth-order valence-corrected chi connectivity index (χ4v) is 5.88. The lowest BCUT2D eigenvalue weighted by atomic mass is 9.74. The van der Waals surface area contributed by atoms with Crippen molar-refractivity contribution >= 4 is 17.7 Å². The zero-order valence-electron chi connectivity index (χ0n) is 22.4. The number of ketones is 1. The summed E-state index contributed by atoms with van der Waals surface area (Å²) >= 11 is 0. The SMILES string of the molecule is CC(=O)OCC1O[C@@H](CC(=O)c2ccc(C3CC[C@@H](C)c4ccccc43)cc2)C(OC(C)=O)[C@@H](C)[C@@H]1C. The van der Waals surface area contributed by atoms with Gasteiger partial charge in [-0.05, 0) is 41.4 Å². The average Bonchev–Trinajstić information content (AvgIpc) is 2.88. The average molecular weight is 507 g/mol. The van der Waals surface area contributed by atoms with Crippen molar-refractivity contribution in [3.63, 3.8) is 0 Å². The van der Waals surface area contributed by atoms with Crippen LogP contribution in [0.5, 0.6) is 0 Å². The van der Waals surface area contributed by atoms with Gasteiger partial charge in [0.05, 0.1) is 6.10 Å². The van der Waals surface area contributed by atoms with Crippen LogP contribution in [0.4, 0.5) is 0 Å². The molecule has 0 saturated carbocycles. The maximum atomic E-state index is 13.3. The van der Waals surface area contributed by atoms with Gasteiger partial charge in [-0.15, -0.1) is 0 Å². The molecule has 37 heavy (non-hydrogen) atoms. The Kier molecular flexibility index (Phi) is 8.48. The third-order valence-corrected chi connectivity index (χ3v) is 8.22. The van der Waals surface area contributed by atoms with Crippen molar-refractivity contribution in [3.05, 3.63) is 70.8 Å². The van der Waals surface area contributed by atoms with Crippen LogP contribution in [-0.4, -0.2) is 42.6 Å². The summed E-state index contributed by atoms with van der Waals surface area (Å²) in [6, 6.07) is 16.6. The monoisotopic (exact) mass is 506 g/mol. The van der Waals surface area contributed by atoms with Gasteiger partial charge in [0, 0.05) is 37.7 Å². The third-order valence-electron chi connectivity index (χ3n) is 8.22. The van der Waals surface area contributed by atoms with Crippen molar-refractivity contribution in [2.75, 3.05) is 6.61 Å². The first-order valence-electron chi connectivity index (χ1n) is 13.3. The van der Waals surface area contributed by atoms with E-state index in [1.807, 2.05) is 26.0 Å². The molecule has 1 saturated heterocycles. The molecule has 0 spiro atoms. The summed E-state index contributed by atoms with van der Waals surface area (Å²) in [5, 5.41) is 0. The van der Waals surface area contributed by atoms with Crippen molar-refractivity contribution in [1.82, 2.24) is 0 Å². The molecular weight excluding hydrogens is 468 g/mol. The number of rotatable bonds is 7. The standard InChI is InChI=1S/C31H38O6/c1-18-10-15-26(27-9-7-6-8-25(18)27)23-11-13-24(14-12-23)28(34)16-29-31(36-22(5)33)20(3)19(2)30(37-29)17-35-21(4)32/h6-9,11-14,18-20,26,29-31H,10,15-17H2,1-5H3/t18-,19+,20+,26?,29+,30?,31?/m1/s1. The predicted octanol–water partition coefficient (Wildman–Crippen LogP) is 5.82. The zero-order chi connectivity index (χ0) is 26.7. The largest absolute Gasteiger partial charge is 0.463 e. The summed E-state index contributed by atoms with van der Waals surface area (Å²) in [6.45, 7) is 9.08. The number of hydrogen-bond donors (Lipinski definition) is 0. The third kappa shape index (κ3) is 6.12. The smallest absolute Gasteiger partial charge is 0.303 e. The van der Waals surface area contributed by atoms with Gasteiger partial charge in [0.15, 0.2) is 5.78 Å². The highest BCUT2D eigenvalue weighted by Crippen LogP contribution is 2.42. The second-order valence-corrected chi connectivity index (χ2v) is 10.7. The second-order valence-electron chi connectivity index (χ2n) is 10.7. The molecule has 0 radical (unpaired) electrons. The quantitative estimate of drug-likeness (QED) is 0.348. The molecule has 0 bridgehead atoms. The Morgan fingerprint density at radius 1 is 0.838 bits per heavy atom. The molecule has 198 valence electrons. The summed E-state index contributed by atoms with van der Waals surface area (Å²) in [7, 11) is 0. The molecule has 0 aromatic heterocycles. The van der Waals surface area contributed by atoms with E-state index in [0.29, 0.717) is 17.4 Å². The van der Waals surface area contributed by atoms with Crippen LogP contribution in [0.15, 0.2) is 48.5 Å². The number of ether oxygens (including phenoxy) is 3. The normalized spacial score (nSPS) is 29.2. The van der Waals surface area contributed by atoms with Gasteiger partial charge < -0.3 is 14.2 Å². The van der Waals surface area contributed by atoms with Gasteiger partial charge in [0.2, 0.25) is 0 Å². The van der Waals surface area contributed by atoms with Gasteiger partial charge in [-0.2, -0.15) is 0 Å². The van der Waals surface area contributed by atoms with Gasteiger partial charge in [0.25, 0.3) is 0 Å². The van der Waals surface area contributed by atoms with E-state index in [2.05, 4.69) is 43.3 Å². The highest BCUT2D eigenvalue weighted by Gasteiger charge is 2.44. The van der Waals surface area contributed by atoms with Crippen molar-refractivity contribution in [2.45, 2.75) is 84.0 Å². The Balaban J connectivity index is 1.50. The summed E-state index contributed by atoms with van der Waals surface area (Å²) < 4.78 is 17.0. The summed E-state index contributed by atoms with van der Waals surface area (Å²) in [5.41, 5.74) is 4.61. The van der Waals surface area contributed by atoms with Gasteiger partial charge >= 0.3 is 11.9 Å². The maximum Gasteiger partial charge on any atom is 0.303 e. The molecule has 7 atom stereocenters. The number of esters is 2. The van der Waals surface area contributed by atoms with Crippen LogP contribution in [-0.2, 0) is 23.8 Å². The van der Waals surface area contributed by atoms with E-state index in [1.165, 1.54) is 30.5 Å². The molecule has 6 nitrogen and oxygen atoms in total. The first kappa shape index (κ1) is 27.1. The molecule has 2 aromatic carbocycles. The van der Waals surface area contributed by atoms with E-state index in [4.69, 9.17) is 14.2 Å². The number of hydrogen-bond acceptors (Lipinski definition) is 6. The number of carbonyl (C=O) groups excluding carboxylic acids is 3. The maximum absolute atomic E-state index is 13.3. The predicted molar refractivity (Wildman–Crippen MR) is 140 cm³/mol. The van der Waals surface area contributed by atoms with Gasteiger partial charge in [-0.25, -0.2) is 0 Å². The van der Waals surface area contributed by atoms with Gasteiger partial charge in [-0.1, -0.05) is 69.3 Å². The lowest BCUT2D eigenvalue weighted by molar-refractivity contribution is -0.202. The fraction of sp³-hybridized carbons (Fsp3) is 0.516. The van der Waals surface area contributed by atoms with Gasteiger partial charge in [-0.3, -0.25) is 14.4 Å². The van der Waals surface area contributed by atoms with Crippen molar-refractivity contribution < 1.29 is 28.6 Å². The Morgan fingerprint density at radius 3 is 2.16 bits per heavy atom. The van der Waals surface area contributed by atoms with Crippen LogP contribution >= 0.6 is 0 Å². The molecule has 6 heteroatoms. The minimum atomic E-state index is -0.616. The minimum absolute atomic E-state index is 0.0181. The van der Waals surface area contributed by atoms with Crippen molar-refractivity contribution in [1.29, 1.82) is 0 Å². The summed E-state index contributed by atoms with van der Waals surface area (Å²) in [4.78, 5) is 36.5. The molecule has 1 aliphatic carbocycles. The van der Waals surface area contributed by atoms with E-state index in [0.717, 1.165) is 12.8 Å². The van der Waals surface area contributed by atoms with Crippen LogP contribution in [0, 0.1) is 11.8 Å². The molecule has 3 unspecified atom stereocenters. The fourth-order valence-electron chi connectivity index (χ4n) is 5.88. The number of fused-ring (bicyclic) bond motifs is 1. The zero-order valence-corrected chi connectivity index (χ0v) is 22.4.